The van der Waals surface area contributed by atoms with Gasteiger partial charge in [0.15, 0.2) is 0 Å². The van der Waals surface area contributed by atoms with E-state index in [9.17, 15) is 4.39 Å². The summed E-state index contributed by atoms with van der Waals surface area (Å²) in [5.74, 6) is 0.444. The van der Waals surface area contributed by atoms with Crippen LogP contribution in [0.25, 0.3) is 0 Å². The molecule has 2 aliphatic heterocycles. The highest BCUT2D eigenvalue weighted by atomic mass is 19.1. The van der Waals surface area contributed by atoms with Gasteiger partial charge >= 0.3 is 0 Å². The second-order valence-corrected chi connectivity index (χ2v) is 3.98. The Bertz CT molecular complexity index is 379. The van der Waals surface area contributed by atoms with Crippen molar-refractivity contribution in [2.24, 2.45) is 0 Å². The maximum atomic E-state index is 12.8. The summed E-state index contributed by atoms with van der Waals surface area (Å²) in [7, 11) is 0. The summed E-state index contributed by atoms with van der Waals surface area (Å²) < 4.78 is 18.3. The van der Waals surface area contributed by atoms with Gasteiger partial charge in [-0.2, -0.15) is 0 Å². The van der Waals surface area contributed by atoms with E-state index >= 15 is 0 Å². The molecule has 0 saturated carbocycles. The van der Waals surface area contributed by atoms with Gasteiger partial charge in [-0.25, -0.2) is 4.39 Å². The molecule has 68 valence electrons. The van der Waals surface area contributed by atoms with Gasteiger partial charge in [0.1, 0.15) is 18.2 Å². The summed E-state index contributed by atoms with van der Waals surface area (Å²) in [6.07, 6.45) is 0. The normalized spacial score (nSPS) is 28.9. The van der Waals surface area contributed by atoms with Gasteiger partial charge in [-0.1, -0.05) is 0 Å². The fourth-order valence-corrected chi connectivity index (χ4v) is 1.86. The SMILES string of the molecule is CC12COc3cc(F)ccc3N1C2. The molecule has 1 fully saturated rings. The summed E-state index contributed by atoms with van der Waals surface area (Å²) in [5, 5.41) is 0. The van der Waals surface area contributed by atoms with E-state index in [4.69, 9.17) is 4.74 Å². The van der Waals surface area contributed by atoms with Crippen LogP contribution >= 0.6 is 0 Å². The third kappa shape index (κ3) is 0.870. The zero-order chi connectivity index (χ0) is 9.05. The summed E-state index contributed by atoms with van der Waals surface area (Å²) in [5.41, 5.74) is 1.19. The quantitative estimate of drug-likeness (QED) is 0.563. The molecule has 1 aromatic carbocycles. The van der Waals surface area contributed by atoms with Gasteiger partial charge < -0.3 is 9.64 Å². The van der Waals surface area contributed by atoms with Crippen LogP contribution in [-0.2, 0) is 0 Å². The van der Waals surface area contributed by atoms with Crippen LogP contribution in [0.15, 0.2) is 18.2 Å². The van der Waals surface area contributed by atoms with Gasteiger partial charge in [-0.3, -0.25) is 0 Å². The van der Waals surface area contributed by atoms with E-state index in [0.29, 0.717) is 12.4 Å². The molecule has 2 aliphatic rings. The molecule has 1 unspecified atom stereocenters. The maximum Gasteiger partial charge on any atom is 0.145 e. The number of hydrogen-bond acceptors (Lipinski definition) is 2. The van der Waals surface area contributed by atoms with Crippen LogP contribution in [0.3, 0.4) is 0 Å². The van der Waals surface area contributed by atoms with Crippen LogP contribution in [0.1, 0.15) is 6.92 Å². The molecular weight excluding hydrogens is 169 g/mol. The second-order valence-electron chi connectivity index (χ2n) is 3.98. The Morgan fingerprint density at radius 3 is 3.23 bits per heavy atom. The number of fused-ring (bicyclic) bond motifs is 3. The van der Waals surface area contributed by atoms with Crippen molar-refractivity contribution in [3.8, 4) is 5.75 Å². The number of halogens is 1. The molecule has 1 aromatic rings. The van der Waals surface area contributed by atoms with Crippen LogP contribution < -0.4 is 9.64 Å². The van der Waals surface area contributed by atoms with Gasteiger partial charge in [-0.05, 0) is 19.1 Å². The van der Waals surface area contributed by atoms with Crippen molar-refractivity contribution in [2.45, 2.75) is 12.5 Å². The second kappa shape index (κ2) is 1.97. The van der Waals surface area contributed by atoms with Crippen molar-refractivity contribution in [2.75, 3.05) is 18.1 Å². The Morgan fingerprint density at radius 2 is 2.38 bits per heavy atom. The van der Waals surface area contributed by atoms with Gasteiger partial charge in [0.2, 0.25) is 0 Å². The van der Waals surface area contributed by atoms with Crippen molar-refractivity contribution < 1.29 is 9.13 Å². The predicted molar refractivity (Wildman–Crippen MR) is 47.6 cm³/mol. The van der Waals surface area contributed by atoms with Crippen molar-refractivity contribution in [1.82, 2.24) is 0 Å². The average Bonchev–Trinajstić information content (AvgIpc) is 2.77. The molecule has 1 atom stereocenters. The minimum absolute atomic E-state index is 0.171. The van der Waals surface area contributed by atoms with E-state index < -0.39 is 0 Å². The van der Waals surface area contributed by atoms with Crippen LogP contribution in [0, 0.1) is 5.82 Å². The lowest BCUT2D eigenvalue weighted by molar-refractivity contribution is 0.276. The van der Waals surface area contributed by atoms with Gasteiger partial charge in [-0.15, -0.1) is 0 Å². The molecule has 0 N–H and O–H groups in total. The molecule has 1 saturated heterocycles. The molecule has 0 amide bonds. The Morgan fingerprint density at radius 1 is 1.54 bits per heavy atom. The third-order valence-corrected chi connectivity index (χ3v) is 2.80. The molecule has 0 aliphatic carbocycles. The minimum atomic E-state index is -0.232. The van der Waals surface area contributed by atoms with E-state index in [1.165, 1.54) is 12.1 Å². The Kier molecular flexibility index (Phi) is 1.09. The number of ether oxygens (including phenoxy) is 1. The lowest BCUT2D eigenvalue weighted by Crippen LogP contribution is -2.27. The highest BCUT2D eigenvalue weighted by Gasteiger charge is 2.52. The average molecular weight is 179 g/mol. The zero-order valence-electron chi connectivity index (χ0n) is 7.38. The minimum Gasteiger partial charge on any atom is -0.489 e. The van der Waals surface area contributed by atoms with Crippen molar-refractivity contribution in [1.29, 1.82) is 0 Å². The van der Waals surface area contributed by atoms with Gasteiger partial charge in [0, 0.05) is 12.6 Å². The zero-order valence-corrected chi connectivity index (χ0v) is 7.38. The summed E-state index contributed by atoms with van der Waals surface area (Å²) in [4.78, 5) is 2.24. The summed E-state index contributed by atoms with van der Waals surface area (Å²) in [6.45, 7) is 3.84. The molecule has 0 radical (unpaired) electrons. The first-order valence-corrected chi connectivity index (χ1v) is 4.39. The molecule has 2 nitrogen and oxygen atoms in total. The number of benzene rings is 1. The van der Waals surface area contributed by atoms with E-state index in [1.54, 1.807) is 6.07 Å². The lowest BCUT2D eigenvalue weighted by Gasteiger charge is -2.23. The first-order valence-electron chi connectivity index (χ1n) is 4.39. The smallest absolute Gasteiger partial charge is 0.145 e. The predicted octanol–water partition coefficient (Wildman–Crippen LogP) is 1.80. The number of hydrogen-bond donors (Lipinski definition) is 0. The Labute approximate surface area is 75.9 Å². The first-order chi connectivity index (χ1) is 6.19. The van der Waals surface area contributed by atoms with Crippen LogP contribution in [0.2, 0.25) is 0 Å². The Hall–Kier alpha value is -1.25. The highest BCUT2D eigenvalue weighted by molar-refractivity contribution is 5.67. The largest absolute Gasteiger partial charge is 0.489 e. The third-order valence-electron chi connectivity index (χ3n) is 2.80. The molecule has 3 heteroatoms. The molecule has 3 rings (SSSR count). The van der Waals surface area contributed by atoms with E-state index in [0.717, 1.165) is 12.2 Å². The standard InChI is InChI=1S/C10H10FNO/c1-10-5-12(10)8-3-2-7(11)4-9(8)13-6-10/h2-4H,5-6H2,1H3. The molecular formula is C10H10FNO. The first kappa shape index (κ1) is 7.18. The molecule has 2 heterocycles. The maximum absolute atomic E-state index is 12.8. The van der Waals surface area contributed by atoms with Crippen molar-refractivity contribution in [3.05, 3.63) is 24.0 Å². The van der Waals surface area contributed by atoms with E-state index in [1.807, 2.05) is 0 Å². The van der Waals surface area contributed by atoms with E-state index in [-0.39, 0.29) is 11.4 Å². The number of rotatable bonds is 0. The monoisotopic (exact) mass is 179 g/mol. The van der Waals surface area contributed by atoms with E-state index in [2.05, 4.69) is 11.8 Å². The van der Waals surface area contributed by atoms with Gasteiger partial charge in [0.05, 0.1) is 11.2 Å². The highest BCUT2D eigenvalue weighted by Crippen LogP contribution is 2.47. The number of anilines is 1. The van der Waals surface area contributed by atoms with Crippen molar-refractivity contribution in [3.63, 3.8) is 0 Å². The van der Waals surface area contributed by atoms with Crippen LogP contribution in [0.5, 0.6) is 5.75 Å². The molecule has 13 heavy (non-hydrogen) atoms. The van der Waals surface area contributed by atoms with Gasteiger partial charge in [0.25, 0.3) is 0 Å². The fraction of sp³-hybridized carbons (Fsp3) is 0.400. The lowest BCUT2D eigenvalue weighted by atomic mass is 10.2. The molecule has 0 spiro atoms. The van der Waals surface area contributed by atoms with Crippen molar-refractivity contribution >= 4 is 5.69 Å². The van der Waals surface area contributed by atoms with Crippen LogP contribution in [0.4, 0.5) is 10.1 Å². The molecule has 0 bridgehead atoms. The number of nitrogens with zero attached hydrogens (tertiary/aromatic N) is 1. The van der Waals surface area contributed by atoms with Crippen LogP contribution in [-0.4, -0.2) is 18.7 Å². The summed E-state index contributed by atoms with van der Waals surface area (Å²) >= 11 is 0. The molecule has 0 aromatic heterocycles. The Balaban J connectivity index is 2.10. The fourth-order valence-electron chi connectivity index (χ4n) is 1.86. The summed E-state index contributed by atoms with van der Waals surface area (Å²) in [6, 6.07) is 4.72. The topological polar surface area (TPSA) is 12.2 Å².